The van der Waals surface area contributed by atoms with E-state index in [1.807, 2.05) is 20.9 Å². The summed E-state index contributed by atoms with van der Waals surface area (Å²) in [4.78, 5) is 30.3. The summed E-state index contributed by atoms with van der Waals surface area (Å²) in [5.74, 6) is -0.373. The van der Waals surface area contributed by atoms with Crippen LogP contribution in [0.4, 0.5) is 0 Å². The number of carbonyl (C=O) groups is 2. The second kappa shape index (κ2) is 13.9. The molecule has 0 aromatic carbocycles. The topological polar surface area (TPSA) is 62.3 Å². The van der Waals surface area contributed by atoms with Gasteiger partial charge in [-0.05, 0) is 47.0 Å². The number of rotatable bonds is 13. The van der Waals surface area contributed by atoms with Gasteiger partial charge >= 0.3 is 11.9 Å². The van der Waals surface area contributed by atoms with Crippen LogP contribution in [0.15, 0.2) is 0 Å². The van der Waals surface area contributed by atoms with Crippen LogP contribution in [0.25, 0.3) is 0 Å². The summed E-state index contributed by atoms with van der Waals surface area (Å²) in [6.07, 6.45) is 3.05. The van der Waals surface area contributed by atoms with Gasteiger partial charge in [-0.15, -0.1) is 0 Å². The van der Waals surface area contributed by atoms with Crippen LogP contribution in [0.1, 0.15) is 46.0 Å². The maximum atomic E-state index is 11.9. The number of nitrogens with zero attached hydrogens (tertiary/aromatic N) is 3. The molecule has 1 unspecified atom stereocenters. The van der Waals surface area contributed by atoms with Gasteiger partial charge < -0.3 is 24.2 Å². The van der Waals surface area contributed by atoms with Gasteiger partial charge in [0.1, 0.15) is 6.10 Å². The van der Waals surface area contributed by atoms with Crippen molar-refractivity contribution in [3.05, 3.63) is 0 Å². The molecule has 1 atom stereocenters. The Morgan fingerprint density at radius 3 is 2.44 bits per heavy atom. The van der Waals surface area contributed by atoms with E-state index in [0.29, 0.717) is 32.4 Å². The Balaban J connectivity index is 2.03. The standard InChI is InChI=1S/C20H39N3O4/c1-5-7-19(24)26-17-9-18(2)27-20(25)8-12-21(3)10-6-11-23-15-13-22(4)14-16-23/h18H,5-17H2,1-4H3. The molecule has 158 valence electrons. The maximum Gasteiger partial charge on any atom is 0.307 e. The lowest BCUT2D eigenvalue weighted by molar-refractivity contribution is -0.150. The molecular formula is C20H39N3O4. The van der Waals surface area contributed by atoms with Crippen molar-refractivity contribution in [3.63, 3.8) is 0 Å². The van der Waals surface area contributed by atoms with Crippen molar-refractivity contribution < 1.29 is 19.1 Å². The zero-order valence-electron chi connectivity index (χ0n) is 17.7. The van der Waals surface area contributed by atoms with E-state index in [4.69, 9.17) is 9.47 Å². The number of ether oxygens (including phenoxy) is 2. The Bertz CT molecular complexity index is 425. The zero-order chi connectivity index (χ0) is 20.1. The molecule has 7 nitrogen and oxygen atoms in total. The summed E-state index contributed by atoms with van der Waals surface area (Å²) in [6, 6.07) is 0. The molecule has 0 N–H and O–H groups in total. The molecule has 0 aromatic rings. The number of hydrogen-bond donors (Lipinski definition) is 0. The number of piperazine rings is 1. The van der Waals surface area contributed by atoms with Crippen molar-refractivity contribution in [1.29, 1.82) is 0 Å². The molecule has 0 aliphatic carbocycles. The highest BCUT2D eigenvalue weighted by Crippen LogP contribution is 2.04. The van der Waals surface area contributed by atoms with Gasteiger partial charge in [0.25, 0.3) is 0 Å². The largest absolute Gasteiger partial charge is 0.466 e. The van der Waals surface area contributed by atoms with Gasteiger partial charge in [-0.25, -0.2) is 0 Å². The number of hydrogen-bond acceptors (Lipinski definition) is 7. The lowest BCUT2D eigenvalue weighted by atomic mass is 10.3. The van der Waals surface area contributed by atoms with Crippen LogP contribution in [0.2, 0.25) is 0 Å². The number of likely N-dealkylation sites (N-methyl/N-ethyl adjacent to an activating group) is 1. The quantitative estimate of drug-likeness (QED) is 0.446. The van der Waals surface area contributed by atoms with Crippen molar-refractivity contribution in [3.8, 4) is 0 Å². The second-order valence-corrected chi connectivity index (χ2v) is 7.61. The molecule has 1 aliphatic heterocycles. The zero-order valence-corrected chi connectivity index (χ0v) is 17.7. The molecule has 0 aromatic heterocycles. The van der Waals surface area contributed by atoms with Gasteiger partial charge in [0.2, 0.25) is 0 Å². The van der Waals surface area contributed by atoms with Gasteiger partial charge in [0.15, 0.2) is 0 Å². The van der Waals surface area contributed by atoms with Crippen molar-refractivity contribution >= 4 is 11.9 Å². The highest BCUT2D eigenvalue weighted by molar-refractivity contribution is 5.70. The summed E-state index contributed by atoms with van der Waals surface area (Å²) >= 11 is 0. The minimum atomic E-state index is -0.227. The molecule has 1 rings (SSSR count). The summed E-state index contributed by atoms with van der Waals surface area (Å²) in [6.45, 7) is 11.5. The molecule has 0 spiro atoms. The van der Waals surface area contributed by atoms with Crippen LogP contribution in [-0.2, 0) is 19.1 Å². The summed E-state index contributed by atoms with van der Waals surface area (Å²) in [5, 5.41) is 0. The molecule has 1 fully saturated rings. The Morgan fingerprint density at radius 1 is 1.07 bits per heavy atom. The van der Waals surface area contributed by atoms with E-state index in [9.17, 15) is 9.59 Å². The molecule has 1 saturated heterocycles. The van der Waals surface area contributed by atoms with Crippen molar-refractivity contribution in [1.82, 2.24) is 14.7 Å². The highest BCUT2D eigenvalue weighted by Gasteiger charge is 2.14. The normalized spacial score (nSPS) is 17.1. The minimum absolute atomic E-state index is 0.186. The predicted octanol–water partition coefficient (Wildman–Crippen LogP) is 1.61. The fourth-order valence-electron chi connectivity index (χ4n) is 2.99. The van der Waals surface area contributed by atoms with Crippen LogP contribution in [0.3, 0.4) is 0 Å². The van der Waals surface area contributed by atoms with Crippen LogP contribution in [-0.4, -0.2) is 99.3 Å². The smallest absolute Gasteiger partial charge is 0.307 e. The van der Waals surface area contributed by atoms with E-state index in [2.05, 4.69) is 21.7 Å². The minimum Gasteiger partial charge on any atom is -0.466 e. The third kappa shape index (κ3) is 12.0. The first-order valence-electron chi connectivity index (χ1n) is 10.3. The third-order valence-corrected chi connectivity index (χ3v) is 4.88. The van der Waals surface area contributed by atoms with Gasteiger partial charge in [0, 0.05) is 45.6 Å². The third-order valence-electron chi connectivity index (χ3n) is 4.88. The molecule has 27 heavy (non-hydrogen) atoms. The highest BCUT2D eigenvalue weighted by atomic mass is 16.6. The van der Waals surface area contributed by atoms with Crippen LogP contribution in [0, 0.1) is 0 Å². The SMILES string of the molecule is CCCC(=O)OCCC(C)OC(=O)CCN(C)CCCN1CCN(C)CC1. The molecule has 7 heteroatoms. The summed E-state index contributed by atoms with van der Waals surface area (Å²) < 4.78 is 10.5. The summed E-state index contributed by atoms with van der Waals surface area (Å²) in [5.41, 5.74) is 0. The Labute approximate surface area is 164 Å². The first kappa shape index (κ1) is 23.9. The van der Waals surface area contributed by atoms with Crippen LogP contribution >= 0.6 is 0 Å². The molecule has 0 amide bonds. The molecule has 0 bridgehead atoms. The molecule has 0 saturated carbocycles. The van der Waals surface area contributed by atoms with Gasteiger partial charge in [-0.3, -0.25) is 9.59 Å². The fraction of sp³-hybridized carbons (Fsp3) is 0.900. The molecule has 1 heterocycles. The van der Waals surface area contributed by atoms with Crippen LogP contribution in [0.5, 0.6) is 0 Å². The predicted molar refractivity (Wildman–Crippen MR) is 107 cm³/mol. The van der Waals surface area contributed by atoms with Crippen molar-refractivity contribution in [2.45, 2.75) is 52.1 Å². The van der Waals surface area contributed by atoms with Crippen molar-refractivity contribution in [2.24, 2.45) is 0 Å². The lowest BCUT2D eigenvalue weighted by Gasteiger charge is -2.32. The Hall–Kier alpha value is -1.18. The second-order valence-electron chi connectivity index (χ2n) is 7.61. The van der Waals surface area contributed by atoms with E-state index in [0.717, 1.165) is 52.1 Å². The lowest BCUT2D eigenvalue weighted by Crippen LogP contribution is -2.45. The Kier molecular flexibility index (Phi) is 12.3. The van der Waals surface area contributed by atoms with E-state index in [1.54, 1.807) is 0 Å². The molecular weight excluding hydrogens is 346 g/mol. The average molecular weight is 386 g/mol. The Morgan fingerprint density at radius 2 is 1.78 bits per heavy atom. The maximum absolute atomic E-state index is 11.9. The van der Waals surface area contributed by atoms with E-state index >= 15 is 0 Å². The van der Waals surface area contributed by atoms with Crippen LogP contribution < -0.4 is 0 Å². The average Bonchev–Trinajstić information content (AvgIpc) is 2.62. The van der Waals surface area contributed by atoms with Gasteiger partial charge in [-0.1, -0.05) is 6.92 Å². The number of carbonyl (C=O) groups excluding carboxylic acids is 2. The van der Waals surface area contributed by atoms with Gasteiger partial charge in [0.05, 0.1) is 13.0 Å². The number of esters is 2. The van der Waals surface area contributed by atoms with Gasteiger partial charge in [-0.2, -0.15) is 0 Å². The van der Waals surface area contributed by atoms with E-state index < -0.39 is 0 Å². The molecule has 0 radical (unpaired) electrons. The first-order chi connectivity index (χ1) is 12.9. The molecule has 1 aliphatic rings. The fourth-order valence-corrected chi connectivity index (χ4v) is 2.99. The summed E-state index contributed by atoms with van der Waals surface area (Å²) in [7, 11) is 4.22. The van der Waals surface area contributed by atoms with Crippen molar-refractivity contribution in [2.75, 3.05) is 66.5 Å². The first-order valence-corrected chi connectivity index (χ1v) is 10.3. The van der Waals surface area contributed by atoms with E-state index in [1.165, 1.54) is 0 Å². The van der Waals surface area contributed by atoms with E-state index in [-0.39, 0.29) is 18.0 Å². The monoisotopic (exact) mass is 385 g/mol.